The van der Waals surface area contributed by atoms with Gasteiger partial charge in [-0.2, -0.15) is 0 Å². The Balaban J connectivity index is 2.24. The van der Waals surface area contributed by atoms with E-state index in [9.17, 15) is 4.79 Å². The number of aromatic nitrogens is 1. The second kappa shape index (κ2) is 8.62. The third-order valence-electron chi connectivity index (χ3n) is 4.40. The number of amides is 1. The number of ether oxygens (including phenoxy) is 1. The van der Waals surface area contributed by atoms with Gasteiger partial charge in [0.15, 0.2) is 0 Å². The lowest BCUT2D eigenvalue weighted by Crippen LogP contribution is -2.40. The minimum absolute atomic E-state index is 0.0132. The highest BCUT2D eigenvalue weighted by atomic mass is 16.6. The fraction of sp³-hybridized carbons (Fsp3) is 0.400. The minimum Gasteiger partial charge on any atom is -0.443 e. The standard InChI is InChI=1S/C20H26N2O3/c1-20(2,25-19(21)24)17(14-18-8-3-4-10-22-18)13-16-7-5-6-15(12-16)9-11-23/h3-8,10,12,17,23H,9,11,13-14H2,1-2H3,(H2,21,24). The van der Waals surface area contributed by atoms with Crippen LogP contribution < -0.4 is 5.73 Å². The maximum atomic E-state index is 11.3. The number of hydrogen-bond donors (Lipinski definition) is 2. The lowest BCUT2D eigenvalue weighted by molar-refractivity contribution is -0.00172. The number of aliphatic hydroxyl groups excluding tert-OH is 1. The number of benzene rings is 1. The van der Waals surface area contributed by atoms with Crippen molar-refractivity contribution < 1.29 is 14.6 Å². The second-order valence-corrected chi connectivity index (χ2v) is 6.74. The minimum atomic E-state index is -0.773. The average molecular weight is 342 g/mol. The molecule has 1 atom stereocenters. The molecule has 0 radical (unpaired) electrons. The molecule has 0 spiro atoms. The molecular weight excluding hydrogens is 316 g/mol. The van der Waals surface area contributed by atoms with E-state index in [1.807, 2.05) is 50.2 Å². The van der Waals surface area contributed by atoms with Crippen molar-refractivity contribution in [1.82, 2.24) is 4.98 Å². The zero-order chi connectivity index (χ0) is 18.3. The Kier molecular flexibility index (Phi) is 6.53. The van der Waals surface area contributed by atoms with E-state index in [-0.39, 0.29) is 12.5 Å². The summed E-state index contributed by atoms with van der Waals surface area (Å²) in [5, 5.41) is 9.14. The van der Waals surface area contributed by atoms with Gasteiger partial charge in [-0.15, -0.1) is 0 Å². The van der Waals surface area contributed by atoms with E-state index in [2.05, 4.69) is 11.1 Å². The first kappa shape index (κ1) is 18.9. The van der Waals surface area contributed by atoms with Crippen LogP contribution >= 0.6 is 0 Å². The van der Waals surface area contributed by atoms with Crippen LogP contribution in [-0.2, 0) is 24.0 Å². The summed E-state index contributed by atoms with van der Waals surface area (Å²) in [6.45, 7) is 3.88. The molecule has 0 fully saturated rings. The predicted octanol–water partition coefficient (Wildman–Crippen LogP) is 2.89. The molecule has 0 saturated heterocycles. The van der Waals surface area contributed by atoms with Crippen LogP contribution in [0.4, 0.5) is 4.79 Å². The summed E-state index contributed by atoms with van der Waals surface area (Å²) in [4.78, 5) is 15.7. The maximum Gasteiger partial charge on any atom is 0.405 e. The molecule has 5 heteroatoms. The van der Waals surface area contributed by atoms with Crippen molar-refractivity contribution >= 4 is 6.09 Å². The highest BCUT2D eigenvalue weighted by molar-refractivity contribution is 5.65. The third-order valence-corrected chi connectivity index (χ3v) is 4.40. The summed E-state index contributed by atoms with van der Waals surface area (Å²) in [6.07, 6.45) is 3.00. The van der Waals surface area contributed by atoms with Gasteiger partial charge in [0.25, 0.3) is 0 Å². The fourth-order valence-electron chi connectivity index (χ4n) is 3.00. The Bertz CT molecular complexity index is 686. The van der Waals surface area contributed by atoms with E-state index < -0.39 is 11.7 Å². The van der Waals surface area contributed by atoms with Crippen molar-refractivity contribution in [2.45, 2.75) is 38.7 Å². The van der Waals surface area contributed by atoms with Gasteiger partial charge in [-0.3, -0.25) is 4.98 Å². The molecular formula is C20H26N2O3. The predicted molar refractivity (Wildman–Crippen MR) is 97.1 cm³/mol. The molecule has 0 saturated carbocycles. The van der Waals surface area contributed by atoms with Crippen LogP contribution in [-0.4, -0.2) is 28.4 Å². The van der Waals surface area contributed by atoms with Gasteiger partial charge in [0.2, 0.25) is 0 Å². The van der Waals surface area contributed by atoms with E-state index in [1.54, 1.807) is 6.20 Å². The van der Waals surface area contributed by atoms with Crippen molar-refractivity contribution in [3.8, 4) is 0 Å². The van der Waals surface area contributed by atoms with E-state index in [1.165, 1.54) is 0 Å². The van der Waals surface area contributed by atoms with Crippen molar-refractivity contribution in [1.29, 1.82) is 0 Å². The molecule has 25 heavy (non-hydrogen) atoms. The molecule has 0 aliphatic rings. The summed E-state index contributed by atoms with van der Waals surface area (Å²) in [5.41, 5.74) is 7.70. The van der Waals surface area contributed by atoms with Crippen molar-refractivity contribution in [3.63, 3.8) is 0 Å². The average Bonchev–Trinajstić information content (AvgIpc) is 2.55. The molecule has 3 N–H and O–H groups in total. The zero-order valence-electron chi connectivity index (χ0n) is 14.8. The molecule has 1 aromatic carbocycles. The smallest absolute Gasteiger partial charge is 0.405 e. The first-order chi connectivity index (χ1) is 11.9. The number of hydrogen-bond acceptors (Lipinski definition) is 4. The highest BCUT2D eigenvalue weighted by Gasteiger charge is 2.33. The van der Waals surface area contributed by atoms with Crippen molar-refractivity contribution in [2.24, 2.45) is 11.7 Å². The number of pyridine rings is 1. The number of nitrogens with two attached hydrogens (primary N) is 1. The molecule has 1 aromatic heterocycles. The summed E-state index contributed by atoms with van der Waals surface area (Å²) in [7, 11) is 0. The number of aliphatic hydroxyl groups is 1. The molecule has 1 unspecified atom stereocenters. The summed E-state index contributed by atoms with van der Waals surface area (Å²) >= 11 is 0. The maximum absolute atomic E-state index is 11.3. The Labute approximate surface area is 148 Å². The summed E-state index contributed by atoms with van der Waals surface area (Å²) in [5.74, 6) is 0.0132. The van der Waals surface area contributed by atoms with Crippen LogP contribution in [0.1, 0.15) is 30.7 Å². The van der Waals surface area contributed by atoms with Crippen LogP contribution in [0, 0.1) is 5.92 Å². The molecule has 0 aliphatic carbocycles. The van der Waals surface area contributed by atoms with Gasteiger partial charge in [0, 0.05) is 24.4 Å². The van der Waals surface area contributed by atoms with Gasteiger partial charge >= 0.3 is 6.09 Å². The quantitative estimate of drug-likeness (QED) is 0.772. The third kappa shape index (κ3) is 5.87. The molecule has 2 aromatic rings. The Morgan fingerprint density at radius 1 is 1.20 bits per heavy atom. The Morgan fingerprint density at radius 2 is 1.96 bits per heavy atom. The van der Waals surface area contributed by atoms with E-state index in [4.69, 9.17) is 15.6 Å². The second-order valence-electron chi connectivity index (χ2n) is 6.74. The van der Waals surface area contributed by atoms with Crippen molar-refractivity contribution in [3.05, 3.63) is 65.5 Å². The van der Waals surface area contributed by atoms with Crippen LogP contribution in [0.25, 0.3) is 0 Å². The molecule has 0 bridgehead atoms. The normalized spacial score (nSPS) is 12.6. The Morgan fingerprint density at radius 3 is 2.60 bits per heavy atom. The Hall–Kier alpha value is -2.40. The molecule has 2 rings (SSSR count). The topological polar surface area (TPSA) is 85.4 Å². The number of primary amides is 1. The van der Waals surface area contributed by atoms with E-state index in [0.29, 0.717) is 12.8 Å². The molecule has 5 nitrogen and oxygen atoms in total. The first-order valence-corrected chi connectivity index (χ1v) is 8.47. The van der Waals surface area contributed by atoms with Gasteiger partial charge < -0.3 is 15.6 Å². The highest BCUT2D eigenvalue weighted by Crippen LogP contribution is 2.28. The number of nitrogens with zero attached hydrogens (tertiary/aromatic N) is 1. The van der Waals surface area contributed by atoms with Crippen LogP contribution in [0.5, 0.6) is 0 Å². The van der Waals surface area contributed by atoms with Gasteiger partial charge in [0.05, 0.1) is 0 Å². The van der Waals surface area contributed by atoms with Crippen LogP contribution in [0.3, 0.4) is 0 Å². The van der Waals surface area contributed by atoms with Gasteiger partial charge in [-0.05, 0) is 56.4 Å². The van der Waals surface area contributed by atoms with E-state index in [0.717, 1.165) is 23.2 Å². The van der Waals surface area contributed by atoms with E-state index >= 15 is 0 Å². The number of carbonyl (C=O) groups is 1. The SMILES string of the molecule is CC(C)(OC(N)=O)C(Cc1cccc(CCO)c1)Cc1ccccn1. The molecule has 0 aliphatic heterocycles. The number of rotatable bonds is 8. The van der Waals surface area contributed by atoms with Gasteiger partial charge in [0.1, 0.15) is 5.60 Å². The largest absolute Gasteiger partial charge is 0.443 e. The zero-order valence-corrected chi connectivity index (χ0v) is 14.8. The van der Waals surface area contributed by atoms with Gasteiger partial charge in [-0.1, -0.05) is 30.3 Å². The molecule has 1 amide bonds. The van der Waals surface area contributed by atoms with Gasteiger partial charge in [-0.25, -0.2) is 4.79 Å². The van der Waals surface area contributed by atoms with Crippen molar-refractivity contribution in [2.75, 3.05) is 6.61 Å². The number of carbonyl (C=O) groups excluding carboxylic acids is 1. The van der Waals surface area contributed by atoms with Crippen LogP contribution in [0.15, 0.2) is 48.7 Å². The lowest BCUT2D eigenvalue weighted by atomic mass is 9.81. The first-order valence-electron chi connectivity index (χ1n) is 8.47. The monoisotopic (exact) mass is 342 g/mol. The molecule has 1 heterocycles. The molecule has 134 valence electrons. The van der Waals surface area contributed by atoms with Crippen LogP contribution in [0.2, 0.25) is 0 Å². The summed E-state index contributed by atoms with van der Waals surface area (Å²) < 4.78 is 5.39. The summed E-state index contributed by atoms with van der Waals surface area (Å²) in [6, 6.07) is 13.9. The fourth-order valence-corrected chi connectivity index (χ4v) is 3.00. The lowest BCUT2D eigenvalue weighted by Gasteiger charge is -2.33.